The highest BCUT2D eigenvalue weighted by Crippen LogP contribution is 2.10. The third kappa shape index (κ3) is 4.84. The first-order valence-electron chi connectivity index (χ1n) is 6.11. The number of allylic oxidation sites excluding steroid dienone is 2. The Morgan fingerprint density at radius 2 is 1.94 bits per heavy atom. The van der Waals surface area contributed by atoms with Crippen molar-refractivity contribution in [1.82, 2.24) is 0 Å². The van der Waals surface area contributed by atoms with Crippen LogP contribution in [0.2, 0.25) is 0 Å². The van der Waals surface area contributed by atoms with Crippen LogP contribution < -0.4 is 0 Å². The zero-order valence-corrected chi connectivity index (χ0v) is 10.3. The van der Waals surface area contributed by atoms with Crippen molar-refractivity contribution in [2.45, 2.75) is 39.5 Å². The maximum atomic E-state index is 3.16. The van der Waals surface area contributed by atoms with E-state index in [1.807, 2.05) is 30.3 Å². The molecule has 0 spiro atoms. The Labute approximate surface area is 99.4 Å². The molecule has 0 aliphatic heterocycles. The Hall–Kier alpha value is -1.48. The molecule has 0 nitrogen and oxygen atoms in total. The molecule has 0 amide bonds. The van der Waals surface area contributed by atoms with Gasteiger partial charge in [0.15, 0.2) is 0 Å². The molecular formula is C16H20. The summed E-state index contributed by atoms with van der Waals surface area (Å²) in [6.45, 7) is 4.43. The van der Waals surface area contributed by atoms with Gasteiger partial charge in [-0.1, -0.05) is 55.9 Å². The second-order valence-corrected chi connectivity index (χ2v) is 3.90. The number of rotatable bonds is 4. The van der Waals surface area contributed by atoms with E-state index in [4.69, 9.17) is 0 Å². The summed E-state index contributed by atoms with van der Waals surface area (Å²) >= 11 is 0. The molecule has 0 saturated carbocycles. The van der Waals surface area contributed by atoms with Gasteiger partial charge < -0.3 is 0 Å². The zero-order valence-electron chi connectivity index (χ0n) is 10.3. The number of unbranched alkanes of at least 4 members (excludes halogenated alkanes) is 1. The summed E-state index contributed by atoms with van der Waals surface area (Å²) in [7, 11) is 0. The third-order valence-electron chi connectivity index (χ3n) is 2.57. The molecule has 0 heteroatoms. The molecule has 0 aromatic heterocycles. The van der Waals surface area contributed by atoms with Crippen LogP contribution in [-0.2, 0) is 0 Å². The van der Waals surface area contributed by atoms with E-state index in [-0.39, 0.29) is 0 Å². The number of hydrogen-bond acceptors (Lipinski definition) is 0. The zero-order chi connectivity index (χ0) is 11.6. The molecule has 0 bridgehead atoms. The molecule has 84 valence electrons. The van der Waals surface area contributed by atoms with Crippen LogP contribution in [0.15, 0.2) is 42.0 Å². The van der Waals surface area contributed by atoms with Crippen LogP contribution in [0.4, 0.5) is 0 Å². The second-order valence-electron chi connectivity index (χ2n) is 3.90. The van der Waals surface area contributed by atoms with Gasteiger partial charge in [0, 0.05) is 5.56 Å². The minimum Gasteiger partial charge on any atom is -0.0697 e. The van der Waals surface area contributed by atoms with Crippen LogP contribution >= 0.6 is 0 Å². The maximum absolute atomic E-state index is 3.16. The van der Waals surface area contributed by atoms with Crippen molar-refractivity contribution in [2.24, 2.45) is 0 Å². The molecule has 1 rings (SSSR count). The van der Waals surface area contributed by atoms with Crippen LogP contribution in [0, 0.1) is 11.8 Å². The fourth-order valence-corrected chi connectivity index (χ4v) is 1.50. The summed E-state index contributed by atoms with van der Waals surface area (Å²) in [5.74, 6) is 6.31. The lowest BCUT2D eigenvalue weighted by molar-refractivity contribution is 0.767. The van der Waals surface area contributed by atoms with Crippen molar-refractivity contribution in [2.75, 3.05) is 0 Å². The predicted molar refractivity (Wildman–Crippen MR) is 71.2 cm³/mol. The van der Waals surface area contributed by atoms with E-state index in [9.17, 15) is 0 Å². The van der Waals surface area contributed by atoms with Crippen molar-refractivity contribution in [3.8, 4) is 11.8 Å². The van der Waals surface area contributed by atoms with E-state index >= 15 is 0 Å². The first-order valence-corrected chi connectivity index (χ1v) is 6.11. The molecular weight excluding hydrogens is 192 g/mol. The van der Waals surface area contributed by atoms with Crippen molar-refractivity contribution >= 4 is 0 Å². The maximum Gasteiger partial charge on any atom is 0.0248 e. The largest absolute Gasteiger partial charge is 0.0697 e. The van der Waals surface area contributed by atoms with E-state index in [0.717, 1.165) is 12.0 Å². The van der Waals surface area contributed by atoms with Gasteiger partial charge in [0.25, 0.3) is 0 Å². The van der Waals surface area contributed by atoms with Gasteiger partial charge in [-0.15, -0.1) is 0 Å². The Morgan fingerprint density at radius 3 is 2.56 bits per heavy atom. The van der Waals surface area contributed by atoms with E-state index in [1.165, 1.54) is 24.8 Å². The normalized spacial score (nSPS) is 10.8. The second kappa shape index (κ2) is 7.77. The molecule has 0 unspecified atom stereocenters. The lowest BCUT2D eigenvalue weighted by Crippen LogP contribution is -1.81. The van der Waals surface area contributed by atoms with E-state index in [1.54, 1.807) is 0 Å². The van der Waals surface area contributed by atoms with Gasteiger partial charge in [-0.05, 0) is 37.5 Å². The van der Waals surface area contributed by atoms with Gasteiger partial charge >= 0.3 is 0 Å². The van der Waals surface area contributed by atoms with Crippen LogP contribution in [0.1, 0.15) is 45.1 Å². The average Bonchev–Trinajstić information content (AvgIpc) is 2.35. The predicted octanol–water partition coefficient (Wildman–Crippen LogP) is 4.56. The van der Waals surface area contributed by atoms with Crippen molar-refractivity contribution in [3.63, 3.8) is 0 Å². The minimum atomic E-state index is 1.09. The van der Waals surface area contributed by atoms with Crippen LogP contribution in [0.5, 0.6) is 0 Å². The van der Waals surface area contributed by atoms with Crippen LogP contribution in [-0.4, -0.2) is 0 Å². The van der Waals surface area contributed by atoms with Crippen LogP contribution in [0.25, 0.3) is 0 Å². The summed E-state index contributed by atoms with van der Waals surface area (Å²) < 4.78 is 0. The molecule has 16 heavy (non-hydrogen) atoms. The summed E-state index contributed by atoms with van der Waals surface area (Å²) in [5, 5.41) is 0. The smallest absolute Gasteiger partial charge is 0.0248 e. The third-order valence-corrected chi connectivity index (χ3v) is 2.57. The number of hydrogen-bond donors (Lipinski definition) is 0. The highest BCUT2D eigenvalue weighted by molar-refractivity contribution is 5.37. The summed E-state index contributed by atoms with van der Waals surface area (Å²) in [6, 6.07) is 10.1. The highest BCUT2D eigenvalue weighted by atomic mass is 14.0. The molecule has 0 fully saturated rings. The average molecular weight is 212 g/mol. The van der Waals surface area contributed by atoms with E-state index in [2.05, 4.69) is 31.8 Å². The lowest BCUT2D eigenvalue weighted by Gasteiger charge is -1.99. The van der Waals surface area contributed by atoms with Gasteiger partial charge in [0.1, 0.15) is 0 Å². The number of benzene rings is 1. The van der Waals surface area contributed by atoms with Gasteiger partial charge in [-0.25, -0.2) is 0 Å². The quantitative estimate of drug-likeness (QED) is 0.642. The first-order chi connectivity index (χ1) is 7.86. The standard InChI is InChI=1S/C16H20/c1-3-5-10-15(4-2)13-9-14-16-11-7-6-8-12-16/h6-8,11-13H,3-5,10H2,1-2H3. The molecule has 0 aliphatic carbocycles. The Balaban J connectivity index is 2.59. The van der Waals surface area contributed by atoms with E-state index < -0.39 is 0 Å². The highest BCUT2D eigenvalue weighted by Gasteiger charge is 1.91. The fourth-order valence-electron chi connectivity index (χ4n) is 1.50. The van der Waals surface area contributed by atoms with Crippen molar-refractivity contribution in [1.29, 1.82) is 0 Å². The first kappa shape index (κ1) is 12.6. The summed E-state index contributed by atoms with van der Waals surface area (Å²) in [6.07, 6.45) is 6.92. The topological polar surface area (TPSA) is 0 Å². The van der Waals surface area contributed by atoms with Gasteiger partial charge in [0.05, 0.1) is 0 Å². The van der Waals surface area contributed by atoms with Gasteiger partial charge in [-0.3, -0.25) is 0 Å². The van der Waals surface area contributed by atoms with Crippen molar-refractivity contribution in [3.05, 3.63) is 47.5 Å². The van der Waals surface area contributed by atoms with Crippen molar-refractivity contribution < 1.29 is 0 Å². The molecule has 1 aromatic carbocycles. The molecule has 0 atom stereocenters. The molecule has 0 heterocycles. The van der Waals surface area contributed by atoms with Gasteiger partial charge in [-0.2, -0.15) is 0 Å². The molecule has 0 N–H and O–H groups in total. The van der Waals surface area contributed by atoms with Crippen LogP contribution in [0.3, 0.4) is 0 Å². The molecule has 0 aliphatic rings. The SMILES string of the molecule is CCCCC(=CC#Cc1ccccc1)CC. The summed E-state index contributed by atoms with van der Waals surface area (Å²) in [5.41, 5.74) is 2.55. The molecule has 1 aromatic rings. The van der Waals surface area contributed by atoms with Gasteiger partial charge in [0.2, 0.25) is 0 Å². The minimum absolute atomic E-state index is 1.09. The lowest BCUT2D eigenvalue weighted by atomic mass is 10.1. The Bertz CT molecular complexity index is 373. The fraction of sp³-hybridized carbons (Fsp3) is 0.375. The monoisotopic (exact) mass is 212 g/mol. The molecule has 0 saturated heterocycles. The molecule has 0 radical (unpaired) electrons. The van der Waals surface area contributed by atoms with E-state index in [0.29, 0.717) is 0 Å². The summed E-state index contributed by atoms with van der Waals surface area (Å²) in [4.78, 5) is 0. The Morgan fingerprint density at radius 1 is 1.19 bits per heavy atom. The Kier molecular flexibility index (Phi) is 6.11.